The van der Waals surface area contributed by atoms with Gasteiger partial charge >= 0.3 is 5.97 Å². The van der Waals surface area contributed by atoms with Crippen molar-refractivity contribution >= 4 is 5.97 Å². The highest BCUT2D eigenvalue weighted by molar-refractivity contribution is 5.76. The zero-order chi connectivity index (χ0) is 13.5. The first-order chi connectivity index (χ1) is 8.60. The lowest BCUT2D eigenvalue weighted by Crippen LogP contribution is -2.48. The van der Waals surface area contributed by atoms with Gasteiger partial charge in [-0.05, 0) is 52.6 Å². The minimum absolute atomic E-state index is 0.124. The van der Waals surface area contributed by atoms with Crippen molar-refractivity contribution in [1.29, 1.82) is 0 Å². The van der Waals surface area contributed by atoms with Gasteiger partial charge < -0.3 is 15.0 Å². The van der Waals surface area contributed by atoms with Crippen molar-refractivity contribution in [2.45, 2.75) is 52.1 Å². The molecule has 1 rings (SSSR count). The third-order valence-electron chi connectivity index (χ3n) is 3.68. The zero-order valence-corrected chi connectivity index (χ0v) is 12.2. The molecule has 1 aliphatic carbocycles. The smallest absolute Gasteiger partial charge is 0.324 e. The predicted octanol–water partition coefficient (Wildman–Crippen LogP) is 1.65. The van der Waals surface area contributed by atoms with Crippen LogP contribution >= 0.6 is 0 Å². The maximum absolute atomic E-state index is 11.9. The van der Waals surface area contributed by atoms with Crippen LogP contribution in [0.5, 0.6) is 0 Å². The second-order valence-electron chi connectivity index (χ2n) is 5.28. The van der Waals surface area contributed by atoms with Crippen molar-refractivity contribution in [3.63, 3.8) is 0 Å². The standard InChI is InChI=1S/C14H28N2O2/c1-5-9-15-13(14(17)18-6-2)10-16(4)11(3)12-7-8-12/h11-13,15H,5-10H2,1-4H3. The summed E-state index contributed by atoms with van der Waals surface area (Å²) >= 11 is 0. The molecule has 0 aromatic heterocycles. The largest absolute Gasteiger partial charge is 0.465 e. The lowest BCUT2D eigenvalue weighted by Gasteiger charge is -2.28. The van der Waals surface area contributed by atoms with Crippen molar-refractivity contribution in [1.82, 2.24) is 10.2 Å². The Labute approximate surface area is 111 Å². The molecule has 4 nitrogen and oxygen atoms in total. The Balaban J connectivity index is 2.44. The Kier molecular flexibility index (Phi) is 6.65. The van der Waals surface area contributed by atoms with Crippen molar-refractivity contribution in [2.75, 3.05) is 26.7 Å². The molecule has 0 heterocycles. The van der Waals surface area contributed by atoms with E-state index in [9.17, 15) is 4.79 Å². The van der Waals surface area contributed by atoms with Crippen LogP contribution in [0.1, 0.15) is 40.0 Å². The first kappa shape index (κ1) is 15.4. The van der Waals surface area contributed by atoms with E-state index in [-0.39, 0.29) is 12.0 Å². The summed E-state index contributed by atoms with van der Waals surface area (Å²) in [6, 6.07) is 0.362. The number of hydrogen-bond donors (Lipinski definition) is 1. The second-order valence-corrected chi connectivity index (χ2v) is 5.28. The fourth-order valence-electron chi connectivity index (χ4n) is 2.18. The van der Waals surface area contributed by atoms with Gasteiger partial charge in [-0.1, -0.05) is 6.92 Å². The predicted molar refractivity (Wildman–Crippen MR) is 73.5 cm³/mol. The number of ether oxygens (including phenoxy) is 1. The molecule has 2 unspecified atom stereocenters. The Bertz CT molecular complexity index is 254. The van der Waals surface area contributed by atoms with E-state index in [1.165, 1.54) is 12.8 Å². The number of carbonyl (C=O) groups is 1. The lowest BCUT2D eigenvalue weighted by molar-refractivity contribution is -0.146. The van der Waals surface area contributed by atoms with E-state index in [4.69, 9.17) is 4.74 Å². The molecule has 1 N–H and O–H groups in total. The van der Waals surface area contributed by atoms with Gasteiger partial charge in [0.1, 0.15) is 6.04 Å². The van der Waals surface area contributed by atoms with Crippen LogP contribution in [0.25, 0.3) is 0 Å². The molecule has 0 aromatic rings. The van der Waals surface area contributed by atoms with Gasteiger partial charge in [-0.2, -0.15) is 0 Å². The first-order valence-electron chi connectivity index (χ1n) is 7.20. The van der Waals surface area contributed by atoms with E-state index in [1.54, 1.807) is 0 Å². The number of carbonyl (C=O) groups excluding carboxylic acids is 1. The van der Waals surface area contributed by atoms with E-state index in [1.807, 2.05) is 6.92 Å². The van der Waals surface area contributed by atoms with Crippen molar-refractivity contribution in [3.8, 4) is 0 Å². The van der Waals surface area contributed by atoms with Crippen molar-refractivity contribution in [3.05, 3.63) is 0 Å². The normalized spacial score (nSPS) is 18.7. The van der Waals surface area contributed by atoms with Crippen molar-refractivity contribution in [2.24, 2.45) is 5.92 Å². The summed E-state index contributed by atoms with van der Waals surface area (Å²) in [5.41, 5.74) is 0. The van der Waals surface area contributed by atoms with Crippen molar-refractivity contribution < 1.29 is 9.53 Å². The topological polar surface area (TPSA) is 41.6 Å². The van der Waals surface area contributed by atoms with Gasteiger partial charge in [-0.25, -0.2) is 0 Å². The van der Waals surface area contributed by atoms with Gasteiger partial charge in [0.05, 0.1) is 6.61 Å². The van der Waals surface area contributed by atoms with Crippen LogP contribution in [-0.2, 0) is 9.53 Å². The molecule has 0 aromatic carbocycles. The highest BCUT2D eigenvalue weighted by Gasteiger charge is 2.32. The van der Waals surface area contributed by atoms with Gasteiger partial charge in [0.2, 0.25) is 0 Å². The minimum Gasteiger partial charge on any atom is -0.465 e. The lowest BCUT2D eigenvalue weighted by atomic mass is 10.1. The Morgan fingerprint density at radius 2 is 2.11 bits per heavy atom. The Hall–Kier alpha value is -0.610. The summed E-state index contributed by atoms with van der Waals surface area (Å²) in [5, 5.41) is 3.28. The van der Waals surface area contributed by atoms with Gasteiger partial charge in [-0.3, -0.25) is 4.79 Å². The zero-order valence-electron chi connectivity index (χ0n) is 12.2. The second kappa shape index (κ2) is 7.74. The Morgan fingerprint density at radius 3 is 2.61 bits per heavy atom. The van der Waals surface area contributed by atoms with Crippen LogP contribution in [0.3, 0.4) is 0 Å². The number of rotatable bonds is 9. The molecule has 4 heteroatoms. The summed E-state index contributed by atoms with van der Waals surface area (Å²) in [6.07, 6.45) is 3.69. The monoisotopic (exact) mass is 256 g/mol. The number of nitrogens with zero attached hydrogens (tertiary/aromatic N) is 1. The number of esters is 1. The molecular weight excluding hydrogens is 228 g/mol. The Morgan fingerprint density at radius 1 is 1.44 bits per heavy atom. The van der Waals surface area contributed by atoms with Crippen LogP contribution in [0.4, 0.5) is 0 Å². The molecule has 1 aliphatic rings. The van der Waals surface area contributed by atoms with E-state index in [0.717, 1.165) is 25.4 Å². The molecule has 106 valence electrons. The van der Waals surface area contributed by atoms with Crippen LogP contribution in [0.15, 0.2) is 0 Å². The maximum atomic E-state index is 11.9. The quantitative estimate of drug-likeness (QED) is 0.637. The van der Waals surface area contributed by atoms with E-state index < -0.39 is 0 Å². The van der Waals surface area contributed by atoms with E-state index in [0.29, 0.717) is 12.6 Å². The average Bonchev–Trinajstić information content (AvgIpc) is 3.17. The molecule has 1 saturated carbocycles. The molecule has 0 saturated heterocycles. The molecular formula is C14H28N2O2. The fraction of sp³-hybridized carbons (Fsp3) is 0.929. The molecule has 0 bridgehead atoms. The molecule has 18 heavy (non-hydrogen) atoms. The van der Waals surface area contributed by atoms with Gasteiger partial charge in [0.15, 0.2) is 0 Å². The molecule has 2 atom stereocenters. The molecule has 0 amide bonds. The fourth-order valence-corrected chi connectivity index (χ4v) is 2.18. The summed E-state index contributed by atoms with van der Waals surface area (Å²) < 4.78 is 5.13. The van der Waals surface area contributed by atoms with E-state index >= 15 is 0 Å². The molecule has 0 radical (unpaired) electrons. The number of likely N-dealkylation sites (N-methyl/N-ethyl adjacent to an activating group) is 1. The van der Waals surface area contributed by atoms with Crippen LogP contribution in [0.2, 0.25) is 0 Å². The number of hydrogen-bond acceptors (Lipinski definition) is 4. The number of nitrogens with one attached hydrogen (secondary N) is 1. The van der Waals surface area contributed by atoms with Crippen LogP contribution < -0.4 is 5.32 Å². The summed E-state index contributed by atoms with van der Waals surface area (Å²) in [7, 11) is 2.10. The third-order valence-corrected chi connectivity index (χ3v) is 3.68. The molecule has 0 spiro atoms. The van der Waals surface area contributed by atoms with Gasteiger partial charge in [-0.15, -0.1) is 0 Å². The summed E-state index contributed by atoms with van der Waals surface area (Å²) in [4.78, 5) is 14.2. The molecule has 1 fully saturated rings. The summed E-state index contributed by atoms with van der Waals surface area (Å²) in [5.74, 6) is 0.699. The highest BCUT2D eigenvalue weighted by atomic mass is 16.5. The SMILES string of the molecule is CCCNC(CN(C)C(C)C1CC1)C(=O)OCC. The van der Waals surface area contributed by atoms with Gasteiger partial charge in [0, 0.05) is 12.6 Å². The minimum atomic E-state index is -0.198. The summed E-state index contributed by atoms with van der Waals surface area (Å²) in [6.45, 7) is 8.24. The third kappa shape index (κ3) is 4.94. The first-order valence-corrected chi connectivity index (χ1v) is 7.20. The van der Waals surface area contributed by atoms with Gasteiger partial charge in [0.25, 0.3) is 0 Å². The van der Waals surface area contributed by atoms with Crippen LogP contribution in [0, 0.1) is 5.92 Å². The highest BCUT2D eigenvalue weighted by Crippen LogP contribution is 2.34. The van der Waals surface area contributed by atoms with Crippen LogP contribution in [-0.4, -0.2) is 49.7 Å². The van der Waals surface area contributed by atoms with E-state index in [2.05, 4.69) is 31.1 Å². The maximum Gasteiger partial charge on any atom is 0.324 e. The molecule has 0 aliphatic heterocycles. The average molecular weight is 256 g/mol.